The lowest BCUT2D eigenvalue weighted by Gasteiger charge is -2.04. The molecule has 96 valence electrons. The van der Waals surface area contributed by atoms with Gasteiger partial charge in [-0.2, -0.15) is 0 Å². The number of phenolic OH excluding ortho intramolecular Hbond substituents is 1. The summed E-state index contributed by atoms with van der Waals surface area (Å²) in [6, 6.07) is 21.9. The molecule has 0 aliphatic heterocycles. The second kappa shape index (κ2) is 4.14. The van der Waals surface area contributed by atoms with Crippen LogP contribution in [-0.4, -0.2) is 10.1 Å². The van der Waals surface area contributed by atoms with E-state index in [9.17, 15) is 5.11 Å². The lowest BCUT2D eigenvalue weighted by Crippen LogP contribution is -1.79. The Labute approximate surface area is 116 Å². The van der Waals surface area contributed by atoms with Gasteiger partial charge in [-0.15, -0.1) is 0 Å². The summed E-state index contributed by atoms with van der Waals surface area (Å²) in [6.07, 6.45) is 0. The smallest absolute Gasteiger partial charge is 0.123 e. The summed E-state index contributed by atoms with van der Waals surface area (Å²) in [5.41, 5.74) is 4.10. The molecule has 2 nitrogen and oxygen atoms in total. The van der Waals surface area contributed by atoms with E-state index in [4.69, 9.17) is 0 Å². The van der Waals surface area contributed by atoms with Crippen LogP contribution in [0.25, 0.3) is 32.9 Å². The number of rotatable bonds is 1. The molecule has 4 rings (SSSR count). The average molecular weight is 259 g/mol. The SMILES string of the molecule is Oc1ccccc1-c1ccc2c(c1)[nH]c1ccccc12. The van der Waals surface area contributed by atoms with E-state index in [0.29, 0.717) is 5.75 Å². The van der Waals surface area contributed by atoms with Crippen LogP contribution in [0.3, 0.4) is 0 Å². The molecule has 0 radical (unpaired) electrons. The van der Waals surface area contributed by atoms with Crippen LogP contribution in [0.4, 0.5) is 0 Å². The Morgan fingerprint density at radius 1 is 0.700 bits per heavy atom. The molecule has 0 amide bonds. The molecule has 0 fully saturated rings. The van der Waals surface area contributed by atoms with Crippen LogP contribution in [0.5, 0.6) is 5.75 Å². The fraction of sp³-hybridized carbons (Fsp3) is 0. The number of H-pyrrole nitrogens is 1. The third kappa shape index (κ3) is 1.58. The fourth-order valence-corrected chi connectivity index (χ4v) is 2.74. The lowest BCUT2D eigenvalue weighted by molar-refractivity contribution is 0.477. The Balaban J connectivity index is 2.00. The lowest BCUT2D eigenvalue weighted by atomic mass is 10.0. The molecule has 0 bridgehead atoms. The maximum atomic E-state index is 9.97. The van der Waals surface area contributed by atoms with E-state index >= 15 is 0 Å². The van der Waals surface area contributed by atoms with Crippen LogP contribution < -0.4 is 0 Å². The Morgan fingerprint density at radius 2 is 1.45 bits per heavy atom. The first-order valence-electron chi connectivity index (χ1n) is 6.62. The summed E-state index contributed by atoms with van der Waals surface area (Å²) < 4.78 is 0. The zero-order valence-corrected chi connectivity index (χ0v) is 10.8. The highest BCUT2D eigenvalue weighted by molar-refractivity contribution is 6.08. The number of hydrogen-bond acceptors (Lipinski definition) is 1. The summed E-state index contributed by atoms with van der Waals surface area (Å²) >= 11 is 0. The largest absolute Gasteiger partial charge is 0.507 e. The number of aromatic hydroxyl groups is 1. The molecular formula is C18H13NO. The van der Waals surface area contributed by atoms with Gasteiger partial charge in [0.05, 0.1) is 0 Å². The predicted octanol–water partition coefficient (Wildman–Crippen LogP) is 4.69. The molecule has 3 aromatic carbocycles. The molecule has 2 heteroatoms. The molecule has 0 saturated heterocycles. The van der Waals surface area contributed by atoms with E-state index in [1.165, 1.54) is 10.8 Å². The quantitative estimate of drug-likeness (QED) is 0.511. The number of benzene rings is 3. The first kappa shape index (κ1) is 11.1. The van der Waals surface area contributed by atoms with Gasteiger partial charge < -0.3 is 10.1 Å². The van der Waals surface area contributed by atoms with E-state index in [1.807, 2.05) is 30.3 Å². The number of aromatic nitrogens is 1. The van der Waals surface area contributed by atoms with E-state index in [1.54, 1.807) is 6.07 Å². The maximum absolute atomic E-state index is 9.97. The van der Waals surface area contributed by atoms with Gasteiger partial charge in [0.15, 0.2) is 0 Å². The number of aromatic amines is 1. The highest BCUT2D eigenvalue weighted by atomic mass is 16.3. The molecule has 0 atom stereocenters. The number of fused-ring (bicyclic) bond motifs is 3. The fourth-order valence-electron chi connectivity index (χ4n) is 2.74. The summed E-state index contributed by atoms with van der Waals surface area (Å²) in [5.74, 6) is 0.308. The molecule has 2 N–H and O–H groups in total. The van der Waals surface area contributed by atoms with Gasteiger partial charge in [-0.1, -0.05) is 48.5 Å². The minimum absolute atomic E-state index is 0.308. The normalized spacial score (nSPS) is 11.2. The van der Waals surface area contributed by atoms with Gasteiger partial charge in [0.1, 0.15) is 5.75 Å². The average Bonchev–Trinajstić information content (AvgIpc) is 2.85. The monoisotopic (exact) mass is 259 g/mol. The second-order valence-electron chi connectivity index (χ2n) is 4.95. The van der Waals surface area contributed by atoms with Crippen LogP contribution in [0.15, 0.2) is 66.7 Å². The predicted molar refractivity (Wildman–Crippen MR) is 82.9 cm³/mol. The van der Waals surface area contributed by atoms with Crippen LogP contribution in [0, 0.1) is 0 Å². The van der Waals surface area contributed by atoms with Crippen LogP contribution in [0.1, 0.15) is 0 Å². The first-order valence-corrected chi connectivity index (χ1v) is 6.62. The molecule has 4 aromatic rings. The molecule has 0 unspecified atom stereocenters. The van der Waals surface area contributed by atoms with Crippen LogP contribution >= 0.6 is 0 Å². The third-order valence-corrected chi connectivity index (χ3v) is 3.72. The zero-order chi connectivity index (χ0) is 13.5. The van der Waals surface area contributed by atoms with Crippen molar-refractivity contribution in [1.29, 1.82) is 0 Å². The van der Waals surface area contributed by atoms with Gasteiger partial charge in [-0.05, 0) is 23.8 Å². The van der Waals surface area contributed by atoms with E-state index in [-0.39, 0.29) is 0 Å². The van der Waals surface area contributed by atoms with Crippen molar-refractivity contribution < 1.29 is 5.11 Å². The van der Waals surface area contributed by atoms with Gasteiger partial charge in [-0.3, -0.25) is 0 Å². The number of hydrogen-bond donors (Lipinski definition) is 2. The Hall–Kier alpha value is -2.74. The Kier molecular flexibility index (Phi) is 2.30. The van der Waals surface area contributed by atoms with Gasteiger partial charge in [0.2, 0.25) is 0 Å². The van der Waals surface area contributed by atoms with Crippen molar-refractivity contribution in [1.82, 2.24) is 4.98 Å². The minimum Gasteiger partial charge on any atom is -0.507 e. The molecule has 0 spiro atoms. The van der Waals surface area contributed by atoms with Crippen molar-refractivity contribution >= 4 is 21.8 Å². The highest BCUT2D eigenvalue weighted by Gasteiger charge is 2.07. The second-order valence-corrected chi connectivity index (χ2v) is 4.95. The molecule has 0 saturated carbocycles. The van der Waals surface area contributed by atoms with Crippen molar-refractivity contribution in [2.45, 2.75) is 0 Å². The van der Waals surface area contributed by atoms with E-state index in [0.717, 1.165) is 22.2 Å². The van der Waals surface area contributed by atoms with Gasteiger partial charge in [-0.25, -0.2) is 0 Å². The van der Waals surface area contributed by atoms with Crippen molar-refractivity contribution in [2.75, 3.05) is 0 Å². The van der Waals surface area contributed by atoms with E-state index < -0.39 is 0 Å². The number of phenols is 1. The molecule has 1 heterocycles. The van der Waals surface area contributed by atoms with Gasteiger partial charge in [0.25, 0.3) is 0 Å². The molecular weight excluding hydrogens is 246 g/mol. The summed E-state index contributed by atoms with van der Waals surface area (Å²) in [4.78, 5) is 3.43. The van der Waals surface area contributed by atoms with Crippen molar-refractivity contribution in [3.63, 3.8) is 0 Å². The van der Waals surface area contributed by atoms with Crippen molar-refractivity contribution in [3.05, 3.63) is 66.7 Å². The molecule has 20 heavy (non-hydrogen) atoms. The Morgan fingerprint density at radius 3 is 2.35 bits per heavy atom. The minimum atomic E-state index is 0.308. The standard InChI is InChI=1S/C18H13NO/c20-18-8-4-2-5-13(18)12-9-10-15-14-6-1-3-7-16(14)19-17(15)11-12/h1-11,19-20H. The molecule has 0 aliphatic carbocycles. The first-order chi connectivity index (χ1) is 9.83. The third-order valence-electron chi connectivity index (χ3n) is 3.72. The molecule has 0 aliphatic rings. The maximum Gasteiger partial charge on any atom is 0.123 e. The zero-order valence-electron chi connectivity index (χ0n) is 10.8. The Bertz CT molecular complexity index is 921. The van der Waals surface area contributed by atoms with Crippen LogP contribution in [-0.2, 0) is 0 Å². The molecule has 1 aromatic heterocycles. The van der Waals surface area contributed by atoms with Crippen molar-refractivity contribution in [3.8, 4) is 16.9 Å². The highest BCUT2D eigenvalue weighted by Crippen LogP contribution is 2.33. The summed E-state index contributed by atoms with van der Waals surface area (Å²) in [6.45, 7) is 0. The van der Waals surface area contributed by atoms with Gasteiger partial charge >= 0.3 is 0 Å². The van der Waals surface area contributed by atoms with Crippen molar-refractivity contribution in [2.24, 2.45) is 0 Å². The van der Waals surface area contributed by atoms with Gasteiger partial charge in [0, 0.05) is 27.4 Å². The van der Waals surface area contributed by atoms with E-state index in [2.05, 4.69) is 35.3 Å². The topological polar surface area (TPSA) is 36.0 Å². The number of nitrogens with one attached hydrogen (secondary N) is 1. The van der Waals surface area contributed by atoms with Crippen LogP contribution in [0.2, 0.25) is 0 Å². The summed E-state index contributed by atoms with van der Waals surface area (Å²) in [5, 5.41) is 12.4. The summed E-state index contributed by atoms with van der Waals surface area (Å²) in [7, 11) is 0. The number of para-hydroxylation sites is 2.